The number of ketones is 2. The molecule has 1 aromatic rings. The Bertz CT molecular complexity index is 604. The lowest BCUT2D eigenvalue weighted by Gasteiger charge is -2.21. The zero-order valence-corrected chi connectivity index (χ0v) is 9.82. The molecule has 0 saturated heterocycles. The molecule has 2 aliphatic rings. The van der Waals surface area contributed by atoms with Crippen molar-refractivity contribution in [2.45, 2.75) is 12.2 Å². The fraction of sp³-hybridized carbons (Fsp3) is 0.167. The summed E-state index contributed by atoms with van der Waals surface area (Å²) in [6, 6.07) is 3.30. The summed E-state index contributed by atoms with van der Waals surface area (Å²) in [6.45, 7) is 1.94. The van der Waals surface area contributed by atoms with Gasteiger partial charge < -0.3 is 0 Å². The zero-order valence-electron chi connectivity index (χ0n) is 9.01. The number of allylic oxidation sites excluding steroid dienone is 2. The second-order valence-corrected chi connectivity index (χ2v) is 5.22. The molecule has 0 aromatic carbocycles. The highest BCUT2D eigenvalue weighted by Gasteiger charge is 2.35. The van der Waals surface area contributed by atoms with E-state index >= 15 is 0 Å². The normalized spacial score (nSPS) is 22.5. The molecule has 1 atom stereocenters. The van der Waals surface area contributed by atoms with Gasteiger partial charge in [-0.15, -0.1) is 11.8 Å². The number of Topliss-reactive ketones (excluding diaryl/α,β-unsaturated/α-hetero) is 2. The smallest absolute Gasteiger partial charge is 0.231 e. The van der Waals surface area contributed by atoms with E-state index in [1.807, 2.05) is 6.92 Å². The van der Waals surface area contributed by atoms with Crippen LogP contribution in [0.25, 0.3) is 0 Å². The van der Waals surface area contributed by atoms with Gasteiger partial charge >= 0.3 is 0 Å². The van der Waals surface area contributed by atoms with Gasteiger partial charge in [-0.2, -0.15) is 0 Å². The van der Waals surface area contributed by atoms with Gasteiger partial charge in [-0.3, -0.25) is 19.6 Å². The number of pyridine rings is 1. The Morgan fingerprint density at radius 2 is 2.12 bits per heavy atom. The first-order chi connectivity index (χ1) is 8.18. The summed E-state index contributed by atoms with van der Waals surface area (Å²) in [5, 5.41) is 0.115. The van der Waals surface area contributed by atoms with Gasteiger partial charge in [0, 0.05) is 17.7 Å². The van der Waals surface area contributed by atoms with E-state index in [0.717, 1.165) is 0 Å². The summed E-state index contributed by atoms with van der Waals surface area (Å²) in [5.41, 5.74) is 0.834. The molecule has 1 unspecified atom stereocenters. The predicted molar refractivity (Wildman–Crippen MR) is 65.5 cm³/mol. The van der Waals surface area contributed by atoms with Crippen LogP contribution in [0.4, 0.5) is 0 Å². The first kappa shape index (κ1) is 10.4. The number of rotatable bonds is 0. The second kappa shape index (κ2) is 3.63. The molecule has 0 N–H and O–H groups in total. The van der Waals surface area contributed by atoms with E-state index in [4.69, 9.17) is 0 Å². The van der Waals surface area contributed by atoms with Crippen molar-refractivity contribution in [2.75, 3.05) is 0 Å². The van der Waals surface area contributed by atoms with Crippen molar-refractivity contribution in [3.63, 3.8) is 0 Å². The van der Waals surface area contributed by atoms with Crippen molar-refractivity contribution < 1.29 is 9.59 Å². The summed E-state index contributed by atoms with van der Waals surface area (Å²) in [6.07, 6.45) is 3.19. The van der Waals surface area contributed by atoms with Crippen molar-refractivity contribution >= 4 is 29.5 Å². The van der Waals surface area contributed by atoms with Crippen LogP contribution >= 0.6 is 11.8 Å². The highest BCUT2D eigenvalue weighted by molar-refractivity contribution is 8.05. The molecule has 0 saturated carbocycles. The molecule has 1 aliphatic carbocycles. The number of hydrogen-bond donors (Lipinski definition) is 0. The maximum atomic E-state index is 12.2. The zero-order chi connectivity index (χ0) is 12.0. The van der Waals surface area contributed by atoms with Crippen molar-refractivity contribution in [1.29, 1.82) is 0 Å². The Labute approximate surface area is 102 Å². The monoisotopic (exact) mass is 244 g/mol. The van der Waals surface area contributed by atoms with Crippen LogP contribution in [0.3, 0.4) is 0 Å². The van der Waals surface area contributed by atoms with Crippen LogP contribution < -0.4 is 0 Å². The van der Waals surface area contributed by atoms with Gasteiger partial charge in [-0.25, -0.2) is 0 Å². The molecular formula is C12H8N2O2S. The number of aliphatic imine (C=N–C) groups is 1. The first-order valence-electron chi connectivity index (χ1n) is 5.18. The van der Waals surface area contributed by atoms with Crippen molar-refractivity contribution in [3.8, 4) is 0 Å². The minimum Gasteiger partial charge on any atom is -0.288 e. The Morgan fingerprint density at radius 1 is 1.29 bits per heavy atom. The Morgan fingerprint density at radius 3 is 2.94 bits per heavy atom. The lowest BCUT2D eigenvalue weighted by Crippen LogP contribution is -2.24. The highest BCUT2D eigenvalue weighted by atomic mass is 32.2. The molecule has 0 bridgehead atoms. The molecule has 0 amide bonds. The largest absolute Gasteiger partial charge is 0.288 e. The van der Waals surface area contributed by atoms with E-state index in [0.29, 0.717) is 10.5 Å². The molecule has 84 valence electrons. The van der Waals surface area contributed by atoms with Crippen LogP contribution in [-0.4, -0.2) is 28.0 Å². The van der Waals surface area contributed by atoms with E-state index in [2.05, 4.69) is 9.98 Å². The van der Waals surface area contributed by atoms with E-state index in [-0.39, 0.29) is 28.2 Å². The molecule has 17 heavy (non-hydrogen) atoms. The van der Waals surface area contributed by atoms with Crippen molar-refractivity contribution in [1.82, 2.24) is 4.98 Å². The van der Waals surface area contributed by atoms with Crippen LogP contribution in [0.1, 0.15) is 27.8 Å². The average molecular weight is 244 g/mol. The lowest BCUT2D eigenvalue weighted by molar-refractivity contribution is 0.0976. The third kappa shape index (κ3) is 1.46. The third-order valence-corrected chi connectivity index (χ3v) is 3.73. The number of aromatic nitrogens is 1. The minimum atomic E-state index is -0.258. The topological polar surface area (TPSA) is 59.4 Å². The minimum absolute atomic E-state index is 0.115. The van der Waals surface area contributed by atoms with E-state index in [1.54, 1.807) is 18.3 Å². The molecule has 2 heterocycles. The summed E-state index contributed by atoms with van der Waals surface area (Å²) in [5.74, 6) is -0.401. The van der Waals surface area contributed by atoms with Crippen molar-refractivity contribution in [3.05, 3.63) is 40.2 Å². The van der Waals surface area contributed by atoms with E-state index in [9.17, 15) is 9.59 Å². The summed E-state index contributed by atoms with van der Waals surface area (Å²) in [7, 11) is 0. The SMILES string of the molecule is CC1C=NC2=C(S1)C(=O)c1cccnc1C2=O. The number of fused-ring (bicyclic) bond motifs is 1. The second-order valence-electron chi connectivity index (χ2n) is 3.84. The molecule has 1 aromatic heterocycles. The third-order valence-electron chi connectivity index (χ3n) is 2.62. The van der Waals surface area contributed by atoms with Crippen LogP contribution in [0, 0.1) is 0 Å². The summed E-state index contributed by atoms with van der Waals surface area (Å²) >= 11 is 1.38. The fourth-order valence-electron chi connectivity index (χ4n) is 1.84. The van der Waals surface area contributed by atoms with Crippen LogP contribution in [0.15, 0.2) is 33.9 Å². The number of carbonyl (C=O) groups excluding carboxylic acids is 2. The van der Waals surface area contributed by atoms with Gasteiger partial charge in [0.25, 0.3) is 0 Å². The number of carbonyl (C=O) groups is 2. The van der Waals surface area contributed by atoms with E-state index in [1.165, 1.54) is 18.0 Å². The van der Waals surface area contributed by atoms with Crippen molar-refractivity contribution in [2.24, 2.45) is 4.99 Å². The average Bonchev–Trinajstić information content (AvgIpc) is 2.36. The Kier molecular flexibility index (Phi) is 2.22. The molecule has 4 nitrogen and oxygen atoms in total. The quantitative estimate of drug-likeness (QED) is 0.699. The molecule has 5 heteroatoms. The van der Waals surface area contributed by atoms with Gasteiger partial charge in [-0.1, -0.05) is 0 Å². The first-order valence-corrected chi connectivity index (χ1v) is 6.06. The van der Waals surface area contributed by atoms with Crippen LogP contribution in [0.2, 0.25) is 0 Å². The van der Waals surface area contributed by atoms with Gasteiger partial charge in [-0.05, 0) is 19.1 Å². The number of thioether (sulfide) groups is 1. The molecule has 1 aliphatic heterocycles. The highest BCUT2D eigenvalue weighted by Crippen LogP contribution is 2.36. The Hall–Kier alpha value is -1.75. The Balaban J connectivity index is 2.21. The van der Waals surface area contributed by atoms with Gasteiger partial charge in [0.05, 0.1) is 10.5 Å². The molecule has 0 spiro atoms. The fourth-order valence-corrected chi connectivity index (χ4v) is 2.80. The molecule has 0 fully saturated rings. The van der Waals surface area contributed by atoms with Gasteiger partial charge in [0.2, 0.25) is 11.6 Å². The van der Waals surface area contributed by atoms with Gasteiger partial charge in [0.1, 0.15) is 11.4 Å². The van der Waals surface area contributed by atoms with Crippen LogP contribution in [0.5, 0.6) is 0 Å². The molecule has 0 radical (unpaired) electrons. The van der Waals surface area contributed by atoms with Gasteiger partial charge in [0.15, 0.2) is 0 Å². The molecular weight excluding hydrogens is 236 g/mol. The van der Waals surface area contributed by atoms with E-state index < -0.39 is 0 Å². The lowest BCUT2D eigenvalue weighted by atomic mass is 9.97. The van der Waals surface area contributed by atoms with Crippen LogP contribution in [-0.2, 0) is 0 Å². The summed E-state index contributed by atoms with van der Waals surface area (Å²) < 4.78 is 0. The number of hydrogen-bond acceptors (Lipinski definition) is 5. The standard InChI is InChI=1S/C12H8N2O2S/c1-6-5-14-9-11(16)8-7(3-2-4-13-8)10(15)12(9)17-6/h2-6H,1H3. The maximum Gasteiger partial charge on any atom is 0.231 e. The molecule has 3 rings (SSSR count). The number of nitrogens with zero attached hydrogens (tertiary/aromatic N) is 2. The maximum absolute atomic E-state index is 12.2. The summed E-state index contributed by atoms with van der Waals surface area (Å²) in [4.78, 5) is 32.8. The predicted octanol–water partition coefficient (Wildman–Crippen LogP) is 1.88.